The quantitative estimate of drug-likeness (QED) is 0.0162. The highest BCUT2D eigenvalue weighted by atomic mass is 16.2. The molecule has 0 aliphatic carbocycles. The molecule has 0 fully saturated rings. The molecule has 10 rings (SSSR count). The second-order valence-electron chi connectivity index (χ2n) is 35.1. The predicted molar refractivity (Wildman–Crippen MR) is 534 cm³/mol. The van der Waals surface area contributed by atoms with Crippen LogP contribution >= 0.6 is 0 Å². The Morgan fingerprint density at radius 3 is 0.884 bits per heavy atom. The number of aromatic amines is 3. The second-order valence-corrected chi connectivity index (χ2v) is 35.1. The van der Waals surface area contributed by atoms with E-state index in [1.54, 1.807) is 94.6 Å². The van der Waals surface area contributed by atoms with E-state index in [1.165, 1.54) is 60.2 Å². The first kappa shape index (κ1) is 106. The zero-order chi connectivity index (χ0) is 98.8. The van der Waals surface area contributed by atoms with Crippen molar-refractivity contribution in [2.75, 3.05) is 151 Å². The van der Waals surface area contributed by atoms with Crippen molar-refractivity contribution in [1.82, 2.24) is 79.2 Å². The second kappa shape index (κ2) is 55.5. The lowest BCUT2D eigenvalue weighted by molar-refractivity contribution is -0.151. The van der Waals surface area contributed by atoms with Gasteiger partial charge in [0.1, 0.15) is 32.7 Å². The number of nitrogens with one attached hydrogen (secondary N) is 4. The van der Waals surface area contributed by atoms with Crippen LogP contribution in [0.1, 0.15) is 161 Å². The zero-order valence-electron chi connectivity index (χ0n) is 80.4. The Morgan fingerprint density at radius 2 is 0.565 bits per heavy atom. The number of unbranched alkanes of at least 4 members (excludes halogenated alkanes) is 4. The topological polar surface area (TPSA) is 443 Å². The van der Waals surface area contributed by atoms with Crippen LogP contribution in [0.3, 0.4) is 0 Å². The van der Waals surface area contributed by atoms with Crippen LogP contribution < -0.4 is 34.0 Å². The number of amides is 12. The van der Waals surface area contributed by atoms with Gasteiger partial charge in [0.25, 0.3) is 0 Å². The summed E-state index contributed by atoms with van der Waals surface area (Å²) in [6.07, 6.45) is 11.5. The van der Waals surface area contributed by atoms with Crippen LogP contribution in [0.25, 0.3) is 21.8 Å². The van der Waals surface area contributed by atoms with E-state index in [9.17, 15) is 14.4 Å². The highest BCUT2D eigenvalue weighted by Gasteiger charge is 2.38. The van der Waals surface area contributed by atoms with Crippen molar-refractivity contribution in [1.29, 1.82) is 0 Å². The fourth-order valence-electron chi connectivity index (χ4n) is 17.1. The molecule has 5 atom stereocenters. The van der Waals surface area contributed by atoms with E-state index < -0.39 is 167 Å². The average molecular weight is 1890 g/mol. The van der Waals surface area contributed by atoms with Gasteiger partial charge in [0.15, 0.2) is 0 Å². The predicted octanol–water partition coefficient (Wildman–Crippen LogP) is 8.35. The summed E-state index contributed by atoms with van der Waals surface area (Å²) in [7, 11) is 0. The van der Waals surface area contributed by atoms with Crippen LogP contribution in [-0.4, -0.2) is 295 Å². The van der Waals surface area contributed by atoms with E-state index in [2.05, 4.69) is 25.3 Å². The number of fused-ring (bicyclic) bond motifs is 2. The molecule has 0 aliphatic heterocycles. The highest BCUT2D eigenvalue weighted by molar-refractivity contribution is 5.96. The number of carbonyl (C=O) groups excluding carboxylic acids is 12. The number of para-hydroxylation sites is 2. The summed E-state index contributed by atoms with van der Waals surface area (Å²) >= 11 is 0. The number of carbonyl (C=O) groups is 12. The van der Waals surface area contributed by atoms with Gasteiger partial charge in [-0.2, -0.15) is 0 Å². The van der Waals surface area contributed by atoms with Gasteiger partial charge < -0.3 is 103 Å². The van der Waals surface area contributed by atoms with E-state index in [1.807, 2.05) is 159 Å². The van der Waals surface area contributed by atoms with Crippen molar-refractivity contribution in [3.63, 3.8) is 0 Å². The molecule has 0 saturated heterocycles. The van der Waals surface area contributed by atoms with Crippen LogP contribution in [0.15, 0.2) is 225 Å². The lowest BCUT2D eigenvalue weighted by Gasteiger charge is -2.37. The molecular formula is C105H139N21O12. The largest absolute Gasteiger partial charge is 0.368 e. The van der Waals surface area contributed by atoms with Gasteiger partial charge in [-0.3, -0.25) is 57.5 Å². The Labute approximate surface area is 809 Å². The Bertz CT molecular complexity index is 5520. The first-order chi connectivity index (χ1) is 66.8. The van der Waals surface area contributed by atoms with Crippen molar-refractivity contribution in [3.8, 4) is 0 Å². The third kappa shape index (κ3) is 31.7. The SMILES string of the molecule is C[C@@H](c1ccccc1)N(CC(=O)N(CCCCN)CC(=O)N(CCc1c[nH]c2ccccc12)CC(=O)N(CCc1c[nH]c2ccccc12)CC(N)=O)C(=O)CN(CCCCN)C(=O)CN(CCc1c[nH]cn1)C(=O)CN(C(=O)CN(C(=O)CN(CCCCN)C(=O)CN(C(=O)CN(C(=O)CNCCCCN)[C@@H](C)c1ccccc1)[C@@H](C)c1ccccc1)[C@@H](C)c1ccccc1)[C@@H](C)c1ccccc1. The number of nitrogens with zero attached hydrogens (tertiary/aromatic N) is 12. The lowest BCUT2D eigenvalue weighted by atomic mass is 10.0. The molecule has 736 valence electrons. The van der Waals surface area contributed by atoms with Crippen molar-refractivity contribution in [2.45, 2.75) is 135 Å². The molecule has 0 spiro atoms. The van der Waals surface area contributed by atoms with Crippen LogP contribution in [0.5, 0.6) is 0 Å². The molecule has 138 heavy (non-hydrogen) atoms. The average Bonchev–Trinajstić information content (AvgIpc) is 1.58. The van der Waals surface area contributed by atoms with E-state index in [0.717, 1.165) is 51.3 Å². The number of imidazole rings is 1. The van der Waals surface area contributed by atoms with Crippen molar-refractivity contribution >= 4 is 92.7 Å². The molecular weight excluding hydrogens is 1750 g/mol. The molecule has 0 bridgehead atoms. The highest BCUT2D eigenvalue weighted by Crippen LogP contribution is 2.30. The van der Waals surface area contributed by atoms with Gasteiger partial charge in [0, 0.05) is 86.1 Å². The number of hydrogen-bond donors (Lipinski definition) is 9. The summed E-state index contributed by atoms with van der Waals surface area (Å²) in [4.78, 5) is 212. The maximum Gasteiger partial charge on any atom is 0.243 e. The molecule has 14 N–H and O–H groups in total. The molecule has 0 radical (unpaired) electrons. The maximum atomic E-state index is 16.1. The number of aromatic nitrogens is 4. The molecule has 10 aromatic rings. The minimum atomic E-state index is -0.864. The van der Waals surface area contributed by atoms with Crippen LogP contribution in [0, 0.1) is 0 Å². The van der Waals surface area contributed by atoms with Crippen LogP contribution in [0.4, 0.5) is 0 Å². The van der Waals surface area contributed by atoms with Crippen molar-refractivity contribution < 1.29 is 57.5 Å². The standard InChI is InChI=1S/C105H139N21O12/c1-77(82-33-11-6-12-34-82)122(95(128)64-111-54-29-25-50-106)74-104(137)124(79(3)84-37-15-8-16-38-84)72-100(133)118(57-32-28-53-109)70-103(136)126(81(5)86-41-19-10-20-42-86)75-105(138)125(80(4)85-39-17-9-18-40-85)73-101(134)121(60-49-89-63-112-76-115-89)67-96(129)117(56-31-27-52-108)69-102(135)123(78(2)83-35-13-7-14-36-83)71-99(132)116(55-30-26-51-107)66-98(131)120(59-48-88-62-114-93-46-24-22-44-91(88)93)68-97(130)119(65-94(110)127)58-47-87-61-113-92-45-23-21-43-90(87)92/h6-24,33-46,61-63,76-81,111,113-114H,25-32,47-60,64-75,106-109H2,1-5H3,(H2,110,127)(H,112,115)/t77-,78-,79-,80-,81-/m0/s1. The number of H-pyrrole nitrogens is 3. The van der Waals surface area contributed by atoms with Gasteiger partial charge in [-0.05, 0) is 183 Å². The molecule has 33 heteroatoms. The van der Waals surface area contributed by atoms with Crippen LogP contribution in [-0.2, 0) is 76.8 Å². The number of rotatable bonds is 59. The summed E-state index contributed by atoms with van der Waals surface area (Å²) in [6, 6.07) is 57.2. The first-order valence-corrected chi connectivity index (χ1v) is 48.0. The summed E-state index contributed by atoms with van der Waals surface area (Å²) in [5.41, 5.74) is 37.4. The number of benzene rings is 7. The third-order valence-corrected chi connectivity index (χ3v) is 25.5. The molecule has 3 aromatic heterocycles. The van der Waals surface area contributed by atoms with Gasteiger partial charge in [-0.1, -0.05) is 188 Å². The monoisotopic (exact) mass is 1890 g/mol. The summed E-state index contributed by atoms with van der Waals surface area (Å²) in [6.45, 7) is 4.63. The molecule has 7 aromatic carbocycles. The Kier molecular flexibility index (Phi) is 42.7. The molecule has 12 amide bonds. The van der Waals surface area contributed by atoms with Gasteiger partial charge in [0.05, 0.1) is 88.0 Å². The molecule has 0 unspecified atom stereocenters. The van der Waals surface area contributed by atoms with Crippen molar-refractivity contribution in [3.05, 3.63) is 270 Å². The molecule has 3 heterocycles. The Hall–Kier alpha value is -13.7. The van der Waals surface area contributed by atoms with E-state index in [4.69, 9.17) is 28.7 Å². The summed E-state index contributed by atoms with van der Waals surface area (Å²) in [5, 5.41) is 5.07. The Morgan fingerprint density at radius 1 is 0.297 bits per heavy atom. The van der Waals surface area contributed by atoms with Gasteiger partial charge >= 0.3 is 0 Å². The normalized spacial score (nSPS) is 12.3. The maximum absolute atomic E-state index is 16.1. The van der Waals surface area contributed by atoms with Gasteiger partial charge in [-0.15, -0.1) is 0 Å². The number of primary amides is 1. The molecule has 0 saturated carbocycles. The summed E-state index contributed by atoms with van der Waals surface area (Å²) in [5.74, 6) is -7.32. The number of nitrogens with two attached hydrogens (primary N) is 5. The smallest absolute Gasteiger partial charge is 0.243 e. The third-order valence-electron chi connectivity index (χ3n) is 25.5. The molecule has 0 aliphatic rings. The first-order valence-electron chi connectivity index (χ1n) is 48.0. The van der Waals surface area contributed by atoms with Gasteiger partial charge in [-0.25, -0.2) is 4.98 Å². The van der Waals surface area contributed by atoms with E-state index >= 15 is 43.2 Å². The minimum absolute atomic E-state index is 0.0172. The zero-order valence-corrected chi connectivity index (χ0v) is 80.4. The fraction of sp³-hybridized carbons (Fsp3) is 0.419. The number of hydrogen-bond acceptors (Lipinski definition) is 18. The van der Waals surface area contributed by atoms with E-state index in [-0.39, 0.29) is 77.8 Å². The Balaban J connectivity index is 0.925. The van der Waals surface area contributed by atoms with Gasteiger partial charge in [0.2, 0.25) is 70.9 Å². The van der Waals surface area contributed by atoms with Crippen LogP contribution in [0.2, 0.25) is 0 Å². The lowest BCUT2D eigenvalue weighted by Crippen LogP contribution is -2.54. The van der Waals surface area contributed by atoms with E-state index in [0.29, 0.717) is 92.4 Å². The fourth-order valence-corrected chi connectivity index (χ4v) is 17.1. The molecule has 33 nitrogen and oxygen atoms in total. The minimum Gasteiger partial charge on any atom is -0.368 e. The van der Waals surface area contributed by atoms with Crippen molar-refractivity contribution in [2.24, 2.45) is 28.7 Å². The summed E-state index contributed by atoms with van der Waals surface area (Å²) < 4.78 is 0.